The summed E-state index contributed by atoms with van der Waals surface area (Å²) in [5, 5.41) is 38.5. The lowest BCUT2D eigenvalue weighted by atomic mass is 9.72. The van der Waals surface area contributed by atoms with Crippen molar-refractivity contribution >= 4 is 60.2 Å². The van der Waals surface area contributed by atoms with Crippen LogP contribution in [-0.2, 0) is 31.3 Å². The fraction of sp³-hybridized carbons (Fsp3) is 0.320. The van der Waals surface area contributed by atoms with Gasteiger partial charge in [0, 0.05) is 49.5 Å². The number of Topliss-reactive ketones (excluding diaryl/α,β-unsaturated/α-hetero) is 2. The van der Waals surface area contributed by atoms with E-state index in [-0.39, 0.29) is 76.5 Å². The minimum Gasteiger partial charge on any atom is -0.423 e. The Morgan fingerprint density at radius 2 is 1.04 bits per heavy atom. The molecule has 2 N–H and O–H groups in total. The van der Waals surface area contributed by atoms with E-state index in [0.717, 1.165) is 29.2 Å². The fourth-order valence-corrected chi connectivity index (χ4v) is 9.65. The SMILES string of the molecule is CN1C(=O)N(c2cccc(C(F)(F)F)c2)C2=C(C(=O)CC2)C1c1ccc(C#N)cc1B(O)O.CN1C(=O)N(c2cccc(C(F)(F)F)c2)C2=C(C(=O)CC2)C1c1ccc(C#N)cc1B1OC(C)(C)C(C)(C)O1. The molecule has 2 unspecified atom stereocenters. The Bertz CT molecular complexity index is 3090. The second-order valence-electron chi connectivity index (χ2n) is 18.8. The summed E-state index contributed by atoms with van der Waals surface area (Å²) in [6, 6.07) is 18.8. The summed E-state index contributed by atoms with van der Waals surface area (Å²) < 4.78 is 92.7. The molecule has 0 aromatic heterocycles. The molecule has 4 amide bonds. The number of hydrogen-bond acceptors (Lipinski definition) is 10. The van der Waals surface area contributed by atoms with Crippen molar-refractivity contribution in [3.63, 3.8) is 0 Å². The zero-order chi connectivity index (χ0) is 52.6. The number of benzene rings is 4. The van der Waals surface area contributed by atoms with Gasteiger partial charge in [-0.05, 0) is 123 Å². The van der Waals surface area contributed by atoms with Gasteiger partial charge in [-0.2, -0.15) is 36.9 Å². The van der Waals surface area contributed by atoms with Gasteiger partial charge in [-0.1, -0.05) is 24.3 Å². The van der Waals surface area contributed by atoms with Gasteiger partial charge in [-0.3, -0.25) is 19.4 Å². The molecular weight excluding hydrogens is 948 g/mol. The summed E-state index contributed by atoms with van der Waals surface area (Å²) in [7, 11) is 0.0481. The Kier molecular flexibility index (Phi) is 13.1. The quantitative estimate of drug-likeness (QED) is 0.144. The highest BCUT2D eigenvalue weighted by Gasteiger charge is 2.54. The molecule has 0 spiro atoms. The number of carbonyl (C=O) groups excluding carboxylic acids is 4. The summed E-state index contributed by atoms with van der Waals surface area (Å²) in [6.07, 6.45) is -8.66. The third kappa shape index (κ3) is 8.93. The number of halogens is 6. The number of rotatable bonds is 6. The van der Waals surface area contributed by atoms with Gasteiger partial charge in [0.15, 0.2) is 11.6 Å². The van der Waals surface area contributed by atoms with Crippen LogP contribution < -0.4 is 20.7 Å². The third-order valence-corrected chi connectivity index (χ3v) is 13.9. The normalized spacial score (nSPS) is 20.6. The molecule has 0 saturated carbocycles. The number of carbonyl (C=O) groups is 4. The molecule has 1 saturated heterocycles. The van der Waals surface area contributed by atoms with Gasteiger partial charge in [-0.25, -0.2) is 9.59 Å². The topological polar surface area (TPSA) is 188 Å². The number of anilines is 2. The molecule has 4 aromatic carbocycles. The summed E-state index contributed by atoms with van der Waals surface area (Å²) >= 11 is 0. The second-order valence-corrected chi connectivity index (χ2v) is 18.8. The van der Waals surface area contributed by atoms with E-state index in [1.54, 1.807) is 18.2 Å². The molecule has 0 radical (unpaired) electrons. The van der Waals surface area contributed by atoms with Gasteiger partial charge in [0.2, 0.25) is 0 Å². The van der Waals surface area contributed by atoms with Crippen molar-refractivity contribution in [3.05, 3.63) is 141 Å². The van der Waals surface area contributed by atoms with Crippen LogP contribution in [0.5, 0.6) is 0 Å². The number of hydrogen-bond donors (Lipinski definition) is 2. The van der Waals surface area contributed by atoms with Crippen molar-refractivity contribution in [2.45, 2.75) is 89.0 Å². The highest BCUT2D eigenvalue weighted by Crippen LogP contribution is 2.47. The van der Waals surface area contributed by atoms with E-state index in [9.17, 15) is 60.8 Å². The van der Waals surface area contributed by atoms with E-state index in [0.29, 0.717) is 27.9 Å². The number of allylic oxidation sites excluding steroid dienone is 2. The Morgan fingerprint density at radius 3 is 1.46 bits per heavy atom. The van der Waals surface area contributed by atoms with E-state index in [4.69, 9.17) is 14.6 Å². The minimum absolute atomic E-state index is 0.0235. The predicted molar refractivity (Wildman–Crippen MR) is 250 cm³/mol. The first-order valence-corrected chi connectivity index (χ1v) is 22.5. The first-order chi connectivity index (χ1) is 33.7. The molecule has 72 heavy (non-hydrogen) atoms. The molecule has 370 valence electrons. The van der Waals surface area contributed by atoms with Crippen LogP contribution in [0.3, 0.4) is 0 Å². The maximum Gasteiger partial charge on any atom is 0.495 e. The summed E-state index contributed by atoms with van der Waals surface area (Å²) in [5.74, 6) is -0.496. The number of amides is 4. The second kappa shape index (κ2) is 18.4. The Morgan fingerprint density at radius 1 is 0.625 bits per heavy atom. The van der Waals surface area contributed by atoms with E-state index in [1.807, 2.05) is 33.8 Å². The molecule has 22 heteroatoms. The zero-order valence-electron chi connectivity index (χ0n) is 39.5. The van der Waals surface area contributed by atoms with Crippen LogP contribution in [0.1, 0.15) is 98.8 Å². The van der Waals surface area contributed by atoms with Crippen molar-refractivity contribution in [3.8, 4) is 12.1 Å². The molecule has 2 aliphatic carbocycles. The number of urea groups is 2. The third-order valence-electron chi connectivity index (χ3n) is 13.9. The lowest BCUT2D eigenvalue weighted by molar-refractivity contribution is -0.138. The number of nitriles is 2. The first kappa shape index (κ1) is 51.1. The highest BCUT2D eigenvalue weighted by atomic mass is 19.4. The summed E-state index contributed by atoms with van der Waals surface area (Å²) in [4.78, 5) is 58.1. The van der Waals surface area contributed by atoms with E-state index in [1.165, 1.54) is 71.3 Å². The van der Waals surface area contributed by atoms with Crippen molar-refractivity contribution in [2.75, 3.05) is 23.9 Å². The van der Waals surface area contributed by atoms with Gasteiger partial charge in [0.1, 0.15) is 0 Å². The molecule has 0 bridgehead atoms. The Hall–Kier alpha value is -7.23. The van der Waals surface area contributed by atoms with Crippen molar-refractivity contribution in [1.82, 2.24) is 9.80 Å². The van der Waals surface area contributed by atoms with Crippen LogP contribution in [-0.4, -0.2) is 83.0 Å². The van der Waals surface area contributed by atoms with Crippen LogP contribution in [0.2, 0.25) is 0 Å². The van der Waals surface area contributed by atoms with Gasteiger partial charge in [-0.15, -0.1) is 0 Å². The van der Waals surface area contributed by atoms with Crippen molar-refractivity contribution < 1.29 is 64.9 Å². The minimum atomic E-state index is -4.61. The van der Waals surface area contributed by atoms with Crippen LogP contribution in [0.25, 0.3) is 0 Å². The van der Waals surface area contributed by atoms with Gasteiger partial charge < -0.3 is 29.2 Å². The summed E-state index contributed by atoms with van der Waals surface area (Å²) in [5.41, 5.74) is -0.228. The number of nitrogens with zero attached hydrogens (tertiary/aromatic N) is 6. The Balaban J connectivity index is 0.000000195. The number of alkyl halides is 6. The molecule has 2 atom stereocenters. The maximum atomic E-state index is 13.8. The predicted octanol–water partition coefficient (Wildman–Crippen LogP) is 7.59. The number of ketones is 2. The first-order valence-electron chi connectivity index (χ1n) is 22.5. The molecule has 4 aromatic rings. The van der Waals surface area contributed by atoms with E-state index in [2.05, 4.69) is 6.07 Å². The maximum absolute atomic E-state index is 13.8. The van der Waals surface area contributed by atoms with Gasteiger partial charge >= 0.3 is 38.7 Å². The largest absolute Gasteiger partial charge is 0.495 e. The van der Waals surface area contributed by atoms with Gasteiger partial charge in [0.05, 0.1) is 69.1 Å². The molecule has 3 aliphatic heterocycles. The molecule has 3 heterocycles. The standard InChI is InChI=1S/C28H27BF3N3O4.C22H17BF3N3O4/c1-26(2)27(3,4)39-29(38-26)20-13-16(15-33)9-10-19(20)24-23-21(11-12-22(23)36)35(25(37)34(24)5)18-8-6-7-17(14-18)28(30,31)32;1-28-20(15-6-5-12(11-27)9-16(15)23(32)33)19-17(7-8-18(19)30)29(21(28)31)14-4-2-3-13(10-14)22(24,25)26/h6-10,13-14,24H,11-12H2,1-5H3;2-6,9-10,20,32-33H,7-8H2,1H3. The lowest BCUT2D eigenvalue weighted by Crippen LogP contribution is -2.50. The summed E-state index contributed by atoms with van der Waals surface area (Å²) in [6.45, 7) is 7.58. The van der Waals surface area contributed by atoms with Gasteiger partial charge in [0.25, 0.3) is 0 Å². The van der Waals surface area contributed by atoms with Crippen LogP contribution in [0.4, 0.5) is 47.3 Å². The number of likely N-dealkylation sites (N-methyl/N-ethyl adjacent to an activating group) is 2. The molecule has 14 nitrogen and oxygen atoms in total. The van der Waals surface area contributed by atoms with Crippen molar-refractivity contribution in [2.24, 2.45) is 0 Å². The smallest absolute Gasteiger partial charge is 0.423 e. The lowest BCUT2D eigenvalue weighted by Gasteiger charge is -2.41. The zero-order valence-corrected chi connectivity index (χ0v) is 39.5. The highest BCUT2D eigenvalue weighted by molar-refractivity contribution is 6.62. The fourth-order valence-electron chi connectivity index (χ4n) is 9.65. The molecular formula is C50H44B2F6N6O8. The molecule has 5 aliphatic rings. The Labute approximate surface area is 410 Å². The monoisotopic (exact) mass is 992 g/mol. The molecule has 1 fully saturated rings. The van der Waals surface area contributed by atoms with E-state index < -0.39 is 73.1 Å². The van der Waals surface area contributed by atoms with Crippen LogP contribution >= 0.6 is 0 Å². The van der Waals surface area contributed by atoms with Crippen molar-refractivity contribution in [1.29, 1.82) is 10.5 Å². The molecule has 9 rings (SSSR count). The van der Waals surface area contributed by atoms with Crippen LogP contribution in [0.15, 0.2) is 107 Å². The average molecular weight is 993 g/mol. The van der Waals surface area contributed by atoms with Crippen LogP contribution in [0, 0.1) is 22.7 Å². The van der Waals surface area contributed by atoms with E-state index >= 15 is 0 Å². The average Bonchev–Trinajstić information content (AvgIpc) is 3.96.